The molecule has 1 unspecified atom stereocenters. The average molecular weight is 246 g/mol. The van der Waals surface area contributed by atoms with Crippen LogP contribution in [0.3, 0.4) is 0 Å². The number of hydrogen-bond acceptors (Lipinski definition) is 5. The molecule has 1 amide bonds. The van der Waals surface area contributed by atoms with E-state index in [1.54, 1.807) is 12.1 Å². The SMILES string of the molecule is Nc1ccc2nc(NCC3CCC(=O)N3)oc2c1. The van der Waals surface area contributed by atoms with Crippen molar-refractivity contribution in [3.05, 3.63) is 18.2 Å². The number of nitrogen functional groups attached to an aromatic ring is 1. The Labute approximate surface area is 104 Å². The van der Waals surface area contributed by atoms with Gasteiger partial charge >= 0.3 is 0 Å². The summed E-state index contributed by atoms with van der Waals surface area (Å²) in [5.74, 6) is 0.104. The second-order valence-electron chi connectivity index (χ2n) is 4.43. The summed E-state index contributed by atoms with van der Waals surface area (Å²) in [5, 5.41) is 5.96. The van der Waals surface area contributed by atoms with Crippen molar-refractivity contribution in [3.63, 3.8) is 0 Å². The molecule has 1 aromatic heterocycles. The van der Waals surface area contributed by atoms with E-state index in [0.717, 1.165) is 11.9 Å². The van der Waals surface area contributed by atoms with Gasteiger partial charge in [-0.15, -0.1) is 0 Å². The molecule has 0 radical (unpaired) electrons. The van der Waals surface area contributed by atoms with Crippen molar-refractivity contribution in [2.24, 2.45) is 0 Å². The summed E-state index contributed by atoms with van der Waals surface area (Å²) in [6.45, 7) is 0.619. The highest BCUT2D eigenvalue weighted by molar-refractivity contribution is 5.79. The fraction of sp³-hybridized carbons (Fsp3) is 0.333. The van der Waals surface area contributed by atoms with E-state index in [1.807, 2.05) is 6.07 Å². The van der Waals surface area contributed by atoms with Gasteiger partial charge in [0.15, 0.2) is 5.58 Å². The van der Waals surface area contributed by atoms with E-state index >= 15 is 0 Å². The number of hydrogen-bond donors (Lipinski definition) is 3. The zero-order valence-electron chi connectivity index (χ0n) is 9.77. The Kier molecular flexibility index (Phi) is 2.55. The number of rotatable bonds is 3. The lowest BCUT2D eigenvalue weighted by Crippen LogP contribution is -2.31. The van der Waals surface area contributed by atoms with E-state index in [2.05, 4.69) is 15.6 Å². The monoisotopic (exact) mass is 246 g/mol. The van der Waals surface area contributed by atoms with E-state index in [-0.39, 0.29) is 11.9 Å². The first-order valence-corrected chi connectivity index (χ1v) is 5.90. The molecule has 18 heavy (non-hydrogen) atoms. The minimum atomic E-state index is 0.104. The van der Waals surface area contributed by atoms with E-state index in [0.29, 0.717) is 30.3 Å². The van der Waals surface area contributed by atoms with E-state index in [1.165, 1.54) is 0 Å². The van der Waals surface area contributed by atoms with Crippen LogP contribution in [0.2, 0.25) is 0 Å². The fourth-order valence-corrected chi connectivity index (χ4v) is 2.06. The van der Waals surface area contributed by atoms with Crippen molar-refractivity contribution in [2.75, 3.05) is 17.6 Å². The fourth-order valence-electron chi connectivity index (χ4n) is 2.06. The molecule has 1 atom stereocenters. The van der Waals surface area contributed by atoms with Gasteiger partial charge in [-0.3, -0.25) is 4.79 Å². The summed E-state index contributed by atoms with van der Waals surface area (Å²) >= 11 is 0. The van der Waals surface area contributed by atoms with Gasteiger partial charge in [0, 0.05) is 30.8 Å². The lowest BCUT2D eigenvalue weighted by molar-refractivity contribution is -0.119. The molecule has 0 spiro atoms. The molecule has 2 heterocycles. The number of nitrogens with zero attached hydrogens (tertiary/aromatic N) is 1. The highest BCUT2D eigenvalue weighted by atomic mass is 16.4. The van der Waals surface area contributed by atoms with Crippen molar-refractivity contribution in [1.29, 1.82) is 0 Å². The molecule has 1 fully saturated rings. The molecule has 6 nitrogen and oxygen atoms in total. The number of carbonyl (C=O) groups is 1. The summed E-state index contributed by atoms with van der Waals surface area (Å²) < 4.78 is 5.52. The molecule has 0 bridgehead atoms. The Morgan fingerprint density at radius 2 is 2.44 bits per heavy atom. The predicted octanol–water partition coefficient (Wildman–Crippen LogP) is 1.10. The molecule has 3 rings (SSSR count). The number of nitrogens with two attached hydrogens (primary N) is 1. The van der Waals surface area contributed by atoms with Gasteiger partial charge in [0.25, 0.3) is 6.01 Å². The van der Waals surface area contributed by atoms with Gasteiger partial charge < -0.3 is 20.8 Å². The normalized spacial score (nSPS) is 19.1. The maximum atomic E-state index is 11.1. The highest BCUT2D eigenvalue weighted by Gasteiger charge is 2.20. The van der Waals surface area contributed by atoms with Gasteiger partial charge in [-0.2, -0.15) is 4.98 Å². The molecule has 0 aliphatic carbocycles. The van der Waals surface area contributed by atoms with Crippen LogP contribution in [0.1, 0.15) is 12.8 Å². The number of aromatic nitrogens is 1. The second kappa shape index (κ2) is 4.21. The first-order chi connectivity index (χ1) is 8.70. The lowest BCUT2D eigenvalue weighted by atomic mass is 10.2. The van der Waals surface area contributed by atoms with Crippen LogP contribution in [0.15, 0.2) is 22.6 Å². The number of nitrogens with one attached hydrogen (secondary N) is 2. The third-order valence-electron chi connectivity index (χ3n) is 3.00. The standard InChI is InChI=1S/C12H14N4O2/c13-7-1-3-9-10(5-7)18-12(16-9)14-6-8-2-4-11(17)15-8/h1,3,5,8H,2,4,6,13H2,(H,14,16)(H,15,17). The molecule has 6 heteroatoms. The molecule has 1 aliphatic rings. The summed E-state index contributed by atoms with van der Waals surface area (Å²) in [7, 11) is 0. The molecule has 0 saturated carbocycles. The van der Waals surface area contributed by atoms with E-state index < -0.39 is 0 Å². The molecule has 94 valence electrons. The first-order valence-electron chi connectivity index (χ1n) is 5.90. The molecule has 4 N–H and O–H groups in total. The second-order valence-corrected chi connectivity index (χ2v) is 4.43. The van der Waals surface area contributed by atoms with Gasteiger partial charge in [0.1, 0.15) is 5.52 Å². The molecule has 1 aromatic carbocycles. The minimum absolute atomic E-state index is 0.104. The van der Waals surface area contributed by atoms with E-state index in [9.17, 15) is 4.79 Å². The van der Waals surface area contributed by atoms with Crippen LogP contribution in [-0.4, -0.2) is 23.5 Å². The topological polar surface area (TPSA) is 93.2 Å². The molecular weight excluding hydrogens is 232 g/mol. The zero-order chi connectivity index (χ0) is 12.5. The molecule has 2 aromatic rings. The zero-order valence-corrected chi connectivity index (χ0v) is 9.77. The van der Waals surface area contributed by atoms with Gasteiger partial charge in [-0.1, -0.05) is 0 Å². The lowest BCUT2D eigenvalue weighted by Gasteiger charge is -2.08. The largest absolute Gasteiger partial charge is 0.423 e. The Morgan fingerprint density at radius 1 is 1.56 bits per heavy atom. The Balaban J connectivity index is 1.69. The molecule has 1 saturated heterocycles. The van der Waals surface area contributed by atoms with Gasteiger partial charge in [0.2, 0.25) is 5.91 Å². The van der Waals surface area contributed by atoms with Crippen LogP contribution < -0.4 is 16.4 Å². The maximum Gasteiger partial charge on any atom is 0.295 e. The number of oxazole rings is 1. The number of anilines is 2. The van der Waals surface area contributed by atoms with Crippen LogP contribution in [0.25, 0.3) is 11.1 Å². The Hall–Kier alpha value is -2.24. The number of fused-ring (bicyclic) bond motifs is 1. The summed E-state index contributed by atoms with van der Waals surface area (Å²) in [6.07, 6.45) is 1.44. The summed E-state index contributed by atoms with van der Waals surface area (Å²) in [5.41, 5.74) is 7.74. The van der Waals surface area contributed by atoms with Gasteiger partial charge in [0.05, 0.1) is 0 Å². The van der Waals surface area contributed by atoms with Crippen molar-refractivity contribution in [2.45, 2.75) is 18.9 Å². The first kappa shape index (κ1) is 10.9. The number of amides is 1. The van der Waals surface area contributed by atoms with Gasteiger partial charge in [-0.05, 0) is 18.6 Å². The summed E-state index contributed by atoms with van der Waals surface area (Å²) in [6, 6.07) is 5.95. The van der Waals surface area contributed by atoms with Crippen LogP contribution in [-0.2, 0) is 4.79 Å². The van der Waals surface area contributed by atoms with E-state index in [4.69, 9.17) is 10.2 Å². The number of carbonyl (C=O) groups excluding carboxylic acids is 1. The maximum absolute atomic E-state index is 11.1. The smallest absolute Gasteiger partial charge is 0.295 e. The quantitative estimate of drug-likeness (QED) is 0.705. The molecule has 1 aliphatic heterocycles. The molecular formula is C12H14N4O2. The third kappa shape index (κ3) is 2.09. The van der Waals surface area contributed by atoms with Crippen molar-refractivity contribution < 1.29 is 9.21 Å². The Morgan fingerprint density at radius 3 is 3.22 bits per heavy atom. The third-order valence-corrected chi connectivity index (χ3v) is 3.00. The van der Waals surface area contributed by atoms with Crippen LogP contribution >= 0.6 is 0 Å². The van der Waals surface area contributed by atoms with Crippen LogP contribution in [0.5, 0.6) is 0 Å². The van der Waals surface area contributed by atoms with Gasteiger partial charge in [-0.25, -0.2) is 0 Å². The predicted molar refractivity (Wildman–Crippen MR) is 68.1 cm³/mol. The van der Waals surface area contributed by atoms with Crippen LogP contribution in [0, 0.1) is 0 Å². The van der Waals surface area contributed by atoms with Crippen molar-refractivity contribution in [1.82, 2.24) is 10.3 Å². The van der Waals surface area contributed by atoms with Crippen LogP contribution in [0.4, 0.5) is 11.7 Å². The highest BCUT2D eigenvalue weighted by Crippen LogP contribution is 2.21. The number of benzene rings is 1. The van der Waals surface area contributed by atoms with Crippen molar-refractivity contribution in [3.8, 4) is 0 Å². The Bertz CT molecular complexity index is 593. The minimum Gasteiger partial charge on any atom is -0.423 e. The average Bonchev–Trinajstić information content (AvgIpc) is 2.92. The van der Waals surface area contributed by atoms with Crippen molar-refractivity contribution >= 4 is 28.7 Å². The summed E-state index contributed by atoms with van der Waals surface area (Å²) in [4.78, 5) is 15.3.